The summed E-state index contributed by atoms with van der Waals surface area (Å²) in [4.78, 5) is 18.3. The topological polar surface area (TPSA) is 78.3 Å². The van der Waals surface area contributed by atoms with Gasteiger partial charge in [-0.3, -0.25) is 0 Å². The van der Waals surface area contributed by atoms with E-state index in [1.54, 1.807) is 16.4 Å². The number of halogens is 1. The Hall–Kier alpha value is -3.56. The zero-order valence-electron chi connectivity index (χ0n) is 21.1. The van der Waals surface area contributed by atoms with Gasteiger partial charge in [-0.15, -0.1) is 5.10 Å². The zero-order chi connectivity index (χ0) is 26.5. The minimum atomic E-state index is -0.600. The van der Waals surface area contributed by atoms with Gasteiger partial charge in [0.05, 0.1) is 5.57 Å². The Morgan fingerprint density at radius 3 is 2.39 bits per heavy atom. The fourth-order valence-electron chi connectivity index (χ4n) is 4.27. The summed E-state index contributed by atoms with van der Waals surface area (Å²) in [5.74, 6) is 1.62. The van der Waals surface area contributed by atoms with Crippen LogP contribution in [-0.4, -0.2) is 26.5 Å². The second-order valence-corrected chi connectivity index (χ2v) is 10.8. The quantitative estimate of drug-likeness (QED) is 0.170. The van der Waals surface area contributed by atoms with Gasteiger partial charge >= 0.3 is 5.97 Å². The number of allylic oxidation sites excluding steroid dienone is 1. The molecule has 1 aromatic heterocycles. The third-order valence-electron chi connectivity index (χ3n) is 6.04. The molecule has 2 heterocycles. The van der Waals surface area contributed by atoms with Crippen LogP contribution in [0.4, 0.5) is 5.95 Å². The molecule has 0 fully saturated rings. The van der Waals surface area contributed by atoms with Gasteiger partial charge in [0.2, 0.25) is 11.1 Å². The molecule has 1 unspecified atom stereocenters. The van der Waals surface area contributed by atoms with Crippen LogP contribution in [0.5, 0.6) is 5.75 Å². The van der Waals surface area contributed by atoms with Crippen molar-refractivity contribution in [2.45, 2.75) is 38.3 Å². The summed E-state index contributed by atoms with van der Waals surface area (Å²) in [7, 11) is 0. The van der Waals surface area contributed by atoms with E-state index >= 15 is 0 Å². The van der Waals surface area contributed by atoms with Gasteiger partial charge in [0.1, 0.15) is 25.0 Å². The number of anilines is 1. The van der Waals surface area contributed by atoms with Gasteiger partial charge in [-0.2, -0.15) is 4.98 Å². The highest BCUT2D eigenvalue weighted by Gasteiger charge is 2.37. The Bertz CT molecular complexity index is 1460. The van der Waals surface area contributed by atoms with Crippen molar-refractivity contribution < 1.29 is 14.3 Å². The van der Waals surface area contributed by atoms with E-state index in [4.69, 9.17) is 14.6 Å². The third kappa shape index (κ3) is 5.79. The van der Waals surface area contributed by atoms with E-state index in [2.05, 4.69) is 33.2 Å². The summed E-state index contributed by atoms with van der Waals surface area (Å²) in [6.07, 6.45) is 0. The number of hydrogen-bond donors (Lipinski definition) is 1. The van der Waals surface area contributed by atoms with Crippen LogP contribution in [-0.2, 0) is 22.7 Å². The van der Waals surface area contributed by atoms with Crippen LogP contribution in [0.2, 0.25) is 0 Å². The first-order chi connectivity index (χ1) is 18.5. The average molecular weight is 592 g/mol. The number of rotatable bonds is 9. The molecule has 0 amide bonds. The first-order valence-corrected chi connectivity index (χ1v) is 14.1. The van der Waals surface area contributed by atoms with Crippen LogP contribution in [0.15, 0.2) is 99.8 Å². The lowest BCUT2D eigenvalue weighted by atomic mass is 9.95. The smallest absolute Gasteiger partial charge is 0.338 e. The van der Waals surface area contributed by atoms with Gasteiger partial charge in [-0.05, 0) is 42.0 Å². The predicted molar refractivity (Wildman–Crippen MR) is 152 cm³/mol. The maximum atomic E-state index is 13.6. The van der Waals surface area contributed by atoms with Crippen molar-refractivity contribution in [3.05, 3.63) is 111 Å². The average Bonchev–Trinajstić information content (AvgIpc) is 3.33. The van der Waals surface area contributed by atoms with Crippen molar-refractivity contribution in [3.63, 3.8) is 0 Å². The predicted octanol–water partition coefficient (Wildman–Crippen LogP) is 6.76. The Morgan fingerprint density at radius 1 is 1.03 bits per heavy atom. The molecule has 9 heteroatoms. The molecule has 1 aliphatic rings. The van der Waals surface area contributed by atoms with E-state index in [9.17, 15) is 4.79 Å². The van der Waals surface area contributed by atoms with Gasteiger partial charge in [0.15, 0.2) is 0 Å². The van der Waals surface area contributed by atoms with Crippen molar-refractivity contribution in [1.82, 2.24) is 14.8 Å². The van der Waals surface area contributed by atoms with Crippen molar-refractivity contribution >= 4 is 39.6 Å². The zero-order valence-corrected chi connectivity index (χ0v) is 23.5. The number of ether oxygens (including phenoxy) is 2. The maximum Gasteiger partial charge on any atom is 0.338 e. The molecule has 1 aliphatic heterocycles. The molecule has 4 aromatic rings. The second kappa shape index (κ2) is 11.9. The van der Waals surface area contributed by atoms with Gasteiger partial charge in [-0.25, -0.2) is 9.48 Å². The SMILES string of the molecule is CCSc1nc2n(n1)C(c1cc(Br)ccc1OCc1ccccc1)C(C(=O)OCc1ccccc1)=C(C)N2. The molecule has 0 aliphatic carbocycles. The number of nitrogens with one attached hydrogen (secondary N) is 1. The highest BCUT2D eigenvalue weighted by atomic mass is 79.9. The minimum absolute atomic E-state index is 0.167. The number of fused-ring (bicyclic) bond motifs is 1. The molecule has 0 saturated carbocycles. The van der Waals surface area contributed by atoms with E-state index in [0.717, 1.165) is 26.9 Å². The van der Waals surface area contributed by atoms with E-state index in [1.807, 2.05) is 85.8 Å². The van der Waals surface area contributed by atoms with Crippen molar-refractivity contribution in [2.75, 3.05) is 11.1 Å². The fraction of sp³-hybridized carbons (Fsp3) is 0.207. The summed E-state index contributed by atoms with van der Waals surface area (Å²) in [6, 6.07) is 24.8. The van der Waals surface area contributed by atoms with Crippen molar-refractivity contribution in [2.24, 2.45) is 0 Å². The van der Waals surface area contributed by atoms with Crippen molar-refractivity contribution in [1.29, 1.82) is 0 Å². The molecule has 0 saturated heterocycles. The number of benzene rings is 3. The van der Waals surface area contributed by atoms with E-state index in [0.29, 0.717) is 34.7 Å². The van der Waals surface area contributed by atoms with Gasteiger partial charge < -0.3 is 14.8 Å². The molecule has 5 rings (SSSR count). The van der Waals surface area contributed by atoms with Crippen LogP contribution in [0.1, 0.15) is 36.6 Å². The lowest BCUT2D eigenvalue weighted by molar-refractivity contribution is -0.140. The first-order valence-electron chi connectivity index (χ1n) is 12.3. The van der Waals surface area contributed by atoms with Crippen LogP contribution in [0.3, 0.4) is 0 Å². The summed E-state index contributed by atoms with van der Waals surface area (Å²) >= 11 is 5.15. The number of nitrogens with zero attached hydrogens (tertiary/aromatic N) is 3. The third-order valence-corrected chi connectivity index (χ3v) is 7.26. The molecule has 7 nitrogen and oxygen atoms in total. The number of aromatic nitrogens is 3. The molecular formula is C29H27BrN4O3S. The minimum Gasteiger partial charge on any atom is -0.489 e. The number of thioether (sulfide) groups is 1. The van der Waals surface area contributed by atoms with Crippen LogP contribution >= 0.6 is 27.7 Å². The van der Waals surface area contributed by atoms with Crippen LogP contribution in [0.25, 0.3) is 0 Å². The van der Waals surface area contributed by atoms with Crippen LogP contribution < -0.4 is 10.1 Å². The Morgan fingerprint density at radius 2 is 1.71 bits per heavy atom. The molecule has 0 bridgehead atoms. The molecule has 1 N–H and O–H groups in total. The Balaban J connectivity index is 1.54. The van der Waals surface area contributed by atoms with Gasteiger partial charge in [0, 0.05) is 15.7 Å². The summed E-state index contributed by atoms with van der Waals surface area (Å²) in [6.45, 7) is 4.47. The number of carbonyl (C=O) groups is 1. The number of hydrogen-bond acceptors (Lipinski definition) is 7. The lowest BCUT2D eigenvalue weighted by Crippen LogP contribution is -2.30. The highest BCUT2D eigenvalue weighted by molar-refractivity contribution is 9.10. The molecule has 194 valence electrons. The number of esters is 1. The fourth-order valence-corrected chi connectivity index (χ4v) is 5.21. The summed E-state index contributed by atoms with van der Waals surface area (Å²) < 4.78 is 14.7. The van der Waals surface area contributed by atoms with E-state index in [-0.39, 0.29) is 6.61 Å². The monoisotopic (exact) mass is 590 g/mol. The van der Waals surface area contributed by atoms with Gasteiger partial charge in [-0.1, -0.05) is 95.3 Å². The molecule has 38 heavy (non-hydrogen) atoms. The molecule has 0 spiro atoms. The second-order valence-electron chi connectivity index (χ2n) is 8.68. The van der Waals surface area contributed by atoms with E-state index in [1.165, 1.54) is 0 Å². The molecule has 1 atom stereocenters. The molecule has 3 aromatic carbocycles. The Kier molecular flexibility index (Phi) is 8.14. The Labute approximate surface area is 234 Å². The summed E-state index contributed by atoms with van der Waals surface area (Å²) in [5.41, 5.74) is 3.85. The van der Waals surface area contributed by atoms with Crippen LogP contribution in [0, 0.1) is 0 Å². The van der Waals surface area contributed by atoms with Crippen molar-refractivity contribution in [3.8, 4) is 5.75 Å². The maximum absolute atomic E-state index is 13.6. The summed E-state index contributed by atoms with van der Waals surface area (Å²) in [5, 5.41) is 8.66. The van der Waals surface area contributed by atoms with Gasteiger partial charge in [0.25, 0.3) is 0 Å². The molecule has 0 radical (unpaired) electrons. The first kappa shape index (κ1) is 26.1. The lowest BCUT2D eigenvalue weighted by Gasteiger charge is -2.29. The normalized spacial score (nSPS) is 14.6. The van der Waals surface area contributed by atoms with E-state index < -0.39 is 12.0 Å². The molecular weight excluding hydrogens is 564 g/mol. The number of carbonyl (C=O) groups excluding carboxylic acids is 1. The highest BCUT2D eigenvalue weighted by Crippen LogP contribution is 2.41. The standard InChI is InChI=1S/C29H27BrN4O3S/c1-3-38-29-32-28-31-19(2)25(27(35)37-18-21-12-8-5-9-13-21)26(34(28)33-29)23-16-22(30)14-15-24(23)36-17-20-10-6-4-7-11-20/h4-16,26H,3,17-18H2,1-2H3,(H,31,32,33). The largest absolute Gasteiger partial charge is 0.489 e.